The Morgan fingerprint density at radius 1 is 1.31 bits per heavy atom. The van der Waals surface area contributed by atoms with Crippen molar-refractivity contribution in [2.45, 2.75) is 47.6 Å². The average Bonchev–Trinajstić information content (AvgIpc) is 2.66. The highest BCUT2D eigenvalue weighted by Crippen LogP contribution is 2.23. The van der Waals surface area contributed by atoms with Crippen LogP contribution in [0.25, 0.3) is 0 Å². The predicted octanol–water partition coefficient (Wildman–Crippen LogP) is 2.56. The van der Waals surface area contributed by atoms with Gasteiger partial charge in [0.2, 0.25) is 5.91 Å². The minimum Gasteiger partial charge on any atom is -0.391 e. The van der Waals surface area contributed by atoms with Gasteiger partial charge in [0.25, 0.3) is 0 Å². The Morgan fingerprint density at radius 3 is 2.52 bits per heavy atom. The van der Waals surface area contributed by atoms with Gasteiger partial charge in [0, 0.05) is 31.1 Å². The number of nitrogens with one attached hydrogen (secondary N) is 1. The maximum Gasteiger partial charge on any atom is 0.352 e. The lowest BCUT2D eigenvalue weighted by atomic mass is 10.1. The quantitative estimate of drug-likeness (QED) is 0.266. The minimum atomic E-state index is -0.555. The minimum absolute atomic E-state index is 0.0217. The van der Waals surface area contributed by atoms with Crippen LogP contribution < -0.4 is 22.0 Å². The van der Waals surface area contributed by atoms with Gasteiger partial charge >= 0.3 is 6.03 Å². The molecule has 0 aromatic heterocycles. The van der Waals surface area contributed by atoms with E-state index in [2.05, 4.69) is 10.5 Å². The molecule has 0 aliphatic carbocycles. The molecule has 0 aliphatic rings. The summed E-state index contributed by atoms with van der Waals surface area (Å²) in [5.41, 5.74) is 3.72. The Hall–Kier alpha value is -2.91. The Labute approximate surface area is 172 Å². The van der Waals surface area contributed by atoms with E-state index in [9.17, 15) is 9.59 Å². The zero-order valence-corrected chi connectivity index (χ0v) is 18.0. The van der Waals surface area contributed by atoms with Gasteiger partial charge in [-0.1, -0.05) is 37.2 Å². The van der Waals surface area contributed by atoms with E-state index in [0.29, 0.717) is 12.1 Å². The van der Waals surface area contributed by atoms with Crippen LogP contribution in [-0.4, -0.2) is 29.7 Å². The van der Waals surface area contributed by atoms with Gasteiger partial charge in [0.15, 0.2) is 0 Å². The highest BCUT2D eigenvalue weighted by Gasteiger charge is 2.19. The predicted molar refractivity (Wildman–Crippen MR) is 114 cm³/mol. The van der Waals surface area contributed by atoms with Crippen LogP contribution in [0.5, 0.6) is 0 Å². The van der Waals surface area contributed by atoms with E-state index in [1.807, 2.05) is 39.8 Å². The average molecular weight is 405 g/mol. The second kappa shape index (κ2) is 11.2. The Balaban J connectivity index is 2.94. The smallest absolute Gasteiger partial charge is 0.352 e. The summed E-state index contributed by atoms with van der Waals surface area (Å²) in [7, 11) is 1.42. The lowest BCUT2D eigenvalue weighted by Crippen LogP contribution is -2.49. The monoisotopic (exact) mass is 404 g/mol. The van der Waals surface area contributed by atoms with Crippen molar-refractivity contribution in [1.29, 1.82) is 0 Å². The van der Waals surface area contributed by atoms with Gasteiger partial charge in [-0.05, 0) is 31.9 Å². The van der Waals surface area contributed by atoms with E-state index >= 15 is 0 Å². The van der Waals surface area contributed by atoms with Crippen LogP contribution in [0.4, 0.5) is 10.5 Å². The molecule has 5 N–H and O–H groups in total. The first-order valence-electron chi connectivity index (χ1n) is 9.38. The molecule has 0 aliphatic heterocycles. The van der Waals surface area contributed by atoms with E-state index in [1.54, 1.807) is 12.1 Å². The third-order valence-electron chi connectivity index (χ3n) is 4.40. The molecule has 1 atom stereocenters. The van der Waals surface area contributed by atoms with Crippen molar-refractivity contribution in [3.63, 3.8) is 0 Å². The Kier molecular flexibility index (Phi) is 9.30. The summed E-state index contributed by atoms with van der Waals surface area (Å²) in [5, 5.41) is 8.88. The lowest BCUT2D eigenvalue weighted by Gasteiger charge is -2.23. The molecule has 0 radical (unpaired) electrons. The largest absolute Gasteiger partial charge is 0.391 e. The van der Waals surface area contributed by atoms with Crippen LogP contribution in [0.3, 0.4) is 0 Å². The van der Waals surface area contributed by atoms with E-state index in [-0.39, 0.29) is 18.4 Å². The van der Waals surface area contributed by atoms with Gasteiger partial charge < -0.3 is 10.2 Å². The van der Waals surface area contributed by atoms with Crippen molar-refractivity contribution in [3.05, 3.63) is 41.1 Å². The molecule has 29 heavy (non-hydrogen) atoms. The first-order chi connectivity index (χ1) is 13.6. The number of anilines is 1. The van der Waals surface area contributed by atoms with E-state index in [1.165, 1.54) is 14.0 Å². The summed E-state index contributed by atoms with van der Waals surface area (Å²) in [4.78, 5) is 28.9. The molecule has 9 nitrogen and oxygen atoms in total. The summed E-state index contributed by atoms with van der Waals surface area (Å²) in [6.45, 7) is 9.30. The SMILES string of the molecule is CC/C(=C\C(C)C(C)=NOCc1c(C)cccc1N(N)C(=O)N(C)N)NC(C)=O. The molecular formula is C20H32N6O3. The lowest BCUT2D eigenvalue weighted by molar-refractivity contribution is -0.118. The Morgan fingerprint density at radius 2 is 1.97 bits per heavy atom. The number of oxime groups is 1. The van der Waals surface area contributed by atoms with Crippen molar-refractivity contribution in [3.8, 4) is 0 Å². The maximum atomic E-state index is 12.1. The molecule has 0 fully saturated rings. The topological polar surface area (TPSA) is 126 Å². The van der Waals surface area contributed by atoms with Gasteiger partial charge in [0.05, 0.1) is 11.4 Å². The molecule has 0 spiro atoms. The fraction of sp³-hybridized carbons (Fsp3) is 0.450. The summed E-state index contributed by atoms with van der Waals surface area (Å²) in [5.74, 6) is 11.3. The fourth-order valence-corrected chi connectivity index (χ4v) is 2.55. The number of rotatable bonds is 8. The van der Waals surface area contributed by atoms with Gasteiger partial charge in [0.1, 0.15) is 6.61 Å². The molecule has 0 saturated carbocycles. The molecule has 1 aromatic carbocycles. The molecule has 1 unspecified atom stereocenters. The number of carbonyl (C=O) groups is 2. The van der Waals surface area contributed by atoms with Gasteiger partial charge in [-0.3, -0.25) is 9.80 Å². The van der Waals surface area contributed by atoms with Crippen molar-refractivity contribution in [2.24, 2.45) is 22.8 Å². The second-order valence-corrected chi connectivity index (χ2v) is 6.86. The molecule has 3 amide bonds. The van der Waals surface area contributed by atoms with Gasteiger partial charge in [-0.25, -0.2) is 21.5 Å². The number of hydrogen-bond donors (Lipinski definition) is 3. The van der Waals surface area contributed by atoms with E-state index < -0.39 is 6.03 Å². The van der Waals surface area contributed by atoms with Crippen LogP contribution >= 0.6 is 0 Å². The summed E-state index contributed by atoms with van der Waals surface area (Å²) in [6.07, 6.45) is 2.65. The van der Waals surface area contributed by atoms with Gasteiger partial charge in [-0.2, -0.15) is 0 Å². The number of aryl methyl sites for hydroxylation is 1. The third kappa shape index (κ3) is 7.20. The van der Waals surface area contributed by atoms with Gasteiger partial charge in [-0.15, -0.1) is 0 Å². The second-order valence-electron chi connectivity index (χ2n) is 6.86. The number of urea groups is 1. The number of nitrogens with two attached hydrogens (primary N) is 2. The number of hydrogen-bond acceptors (Lipinski definition) is 6. The maximum absolute atomic E-state index is 12.1. The van der Waals surface area contributed by atoms with Crippen LogP contribution in [0.1, 0.15) is 45.2 Å². The number of hydrazine groups is 2. The number of nitrogens with zero attached hydrogens (tertiary/aromatic N) is 3. The highest BCUT2D eigenvalue weighted by molar-refractivity contribution is 5.91. The zero-order chi connectivity index (χ0) is 22.1. The first-order valence-corrected chi connectivity index (χ1v) is 9.38. The normalized spacial score (nSPS) is 13.0. The zero-order valence-electron chi connectivity index (χ0n) is 18.0. The molecule has 0 bridgehead atoms. The van der Waals surface area contributed by atoms with Crippen LogP contribution in [-0.2, 0) is 16.2 Å². The highest BCUT2D eigenvalue weighted by atomic mass is 16.6. The van der Waals surface area contributed by atoms with E-state index in [4.69, 9.17) is 16.5 Å². The fourth-order valence-electron chi connectivity index (χ4n) is 2.55. The molecule has 160 valence electrons. The third-order valence-corrected chi connectivity index (χ3v) is 4.40. The molecule has 0 heterocycles. The van der Waals surface area contributed by atoms with E-state index in [0.717, 1.165) is 32.6 Å². The summed E-state index contributed by atoms with van der Waals surface area (Å²) in [6, 6.07) is 4.86. The van der Waals surface area contributed by atoms with Crippen LogP contribution in [0.15, 0.2) is 35.1 Å². The van der Waals surface area contributed by atoms with Crippen LogP contribution in [0.2, 0.25) is 0 Å². The summed E-state index contributed by atoms with van der Waals surface area (Å²) >= 11 is 0. The summed E-state index contributed by atoms with van der Waals surface area (Å²) < 4.78 is 0. The number of allylic oxidation sites excluding steroid dienone is 2. The Bertz CT molecular complexity index is 788. The standard InChI is InChI=1S/C20H32N6O3/c1-7-17(23-16(5)27)11-14(3)15(4)24-29-12-18-13(2)9-8-10-19(18)26(22)20(28)25(6)21/h8-11,14H,7,12,21-22H2,1-6H3,(H,23,27)/b17-11+,24-15?. The van der Waals surface area contributed by atoms with Crippen molar-refractivity contribution in [1.82, 2.24) is 10.3 Å². The van der Waals surface area contributed by atoms with Crippen molar-refractivity contribution >= 4 is 23.3 Å². The molecule has 1 aromatic rings. The molecule has 1 rings (SSSR count). The number of carbonyl (C=O) groups excluding carboxylic acids is 2. The van der Waals surface area contributed by atoms with Crippen molar-refractivity contribution < 1.29 is 14.4 Å². The van der Waals surface area contributed by atoms with Crippen molar-refractivity contribution in [2.75, 3.05) is 12.1 Å². The molecule has 9 heteroatoms. The molecular weight excluding hydrogens is 372 g/mol. The number of amides is 3. The molecule has 0 saturated heterocycles. The van der Waals surface area contributed by atoms with Crippen LogP contribution in [0, 0.1) is 12.8 Å². The number of benzene rings is 1. The first kappa shape index (κ1) is 24.1.